The second-order valence-electron chi connectivity index (χ2n) is 2.75. The topological polar surface area (TPSA) is 37.8 Å². The highest BCUT2D eigenvalue weighted by atomic mass is 127. The van der Waals surface area contributed by atoms with Crippen molar-refractivity contribution in [1.29, 1.82) is 0 Å². The summed E-state index contributed by atoms with van der Waals surface area (Å²) in [5, 5.41) is 4.08. The lowest BCUT2D eigenvalue weighted by atomic mass is 10.2. The fraction of sp³-hybridized carbons (Fsp3) is 0.111. The maximum atomic E-state index is 4.31. The number of halogens is 2. The van der Waals surface area contributed by atoms with E-state index >= 15 is 0 Å². The fourth-order valence-corrected chi connectivity index (χ4v) is 2.11. The second-order valence-corrected chi connectivity index (χ2v) is 4.71. The third-order valence-corrected chi connectivity index (χ3v) is 2.89. The van der Waals surface area contributed by atoms with E-state index in [1.807, 2.05) is 25.2 Å². The molecule has 0 unspecified atom stereocenters. The van der Waals surface area contributed by atoms with Crippen LogP contribution in [0.25, 0.3) is 10.9 Å². The quantitative estimate of drug-likeness (QED) is 0.625. The molecule has 1 aromatic heterocycles. The van der Waals surface area contributed by atoms with Crippen LogP contribution in [-0.4, -0.2) is 17.0 Å². The largest absolute Gasteiger partial charge is 0.372 e. The normalized spacial score (nSPS) is 10.5. The van der Waals surface area contributed by atoms with Crippen LogP contribution < -0.4 is 5.32 Å². The van der Waals surface area contributed by atoms with Crippen LogP contribution in [0.1, 0.15) is 0 Å². The highest BCUT2D eigenvalue weighted by Gasteiger charge is 2.04. The monoisotopic (exact) mass is 363 g/mol. The molecule has 5 heteroatoms. The van der Waals surface area contributed by atoms with Crippen molar-refractivity contribution in [2.24, 2.45) is 0 Å². The van der Waals surface area contributed by atoms with Crippen molar-refractivity contribution in [3.63, 3.8) is 0 Å². The molecule has 1 heterocycles. The average Bonchev–Trinajstić information content (AvgIpc) is 2.15. The minimum atomic E-state index is 0.608. The van der Waals surface area contributed by atoms with Crippen molar-refractivity contribution in [2.45, 2.75) is 0 Å². The smallest absolute Gasteiger partial charge is 0.199 e. The summed E-state index contributed by atoms with van der Waals surface area (Å²) in [7, 11) is 1.85. The van der Waals surface area contributed by atoms with Gasteiger partial charge in [0.15, 0.2) is 4.73 Å². The standard InChI is InChI=1S/C9H7BrIN3/c1-12-8-6-3-2-5(11)4-7(6)13-9(10)14-8/h2-4H,1H3,(H,12,13,14). The van der Waals surface area contributed by atoms with Crippen molar-refractivity contribution < 1.29 is 0 Å². The van der Waals surface area contributed by atoms with Gasteiger partial charge in [-0.1, -0.05) is 0 Å². The number of fused-ring (bicyclic) bond motifs is 1. The summed E-state index contributed by atoms with van der Waals surface area (Å²) >= 11 is 5.55. The molecule has 0 amide bonds. The summed E-state index contributed by atoms with van der Waals surface area (Å²) in [4.78, 5) is 8.55. The van der Waals surface area contributed by atoms with Gasteiger partial charge < -0.3 is 5.32 Å². The number of rotatable bonds is 1. The van der Waals surface area contributed by atoms with Gasteiger partial charge >= 0.3 is 0 Å². The molecule has 0 fully saturated rings. The number of nitrogens with one attached hydrogen (secondary N) is 1. The summed E-state index contributed by atoms with van der Waals surface area (Å²) in [5.41, 5.74) is 0.947. The molecular formula is C9H7BrIN3. The highest BCUT2D eigenvalue weighted by molar-refractivity contribution is 14.1. The Labute approximate surface area is 104 Å². The molecule has 0 saturated carbocycles. The summed E-state index contributed by atoms with van der Waals surface area (Å²) < 4.78 is 1.78. The molecule has 0 atom stereocenters. The predicted octanol–water partition coefficient (Wildman–Crippen LogP) is 3.04. The second kappa shape index (κ2) is 3.98. The number of aromatic nitrogens is 2. The summed E-state index contributed by atoms with van der Waals surface area (Å²) in [6, 6.07) is 6.10. The Kier molecular flexibility index (Phi) is 2.87. The van der Waals surface area contributed by atoms with Crippen molar-refractivity contribution in [2.75, 3.05) is 12.4 Å². The van der Waals surface area contributed by atoms with E-state index in [0.29, 0.717) is 4.73 Å². The molecule has 0 bridgehead atoms. The van der Waals surface area contributed by atoms with Crippen molar-refractivity contribution >= 4 is 55.2 Å². The van der Waals surface area contributed by atoms with Crippen LogP contribution in [0.15, 0.2) is 22.9 Å². The Morgan fingerprint density at radius 2 is 2.14 bits per heavy atom. The van der Waals surface area contributed by atoms with E-state index in [0.717, 1.165) is 16.7 Å². The van der Waals surface area contributed by atoms with Gasteiger partial charge in [0.2, 0.25) is 0 Å². The van der Waals surface area contributed by atoms with Gasteiger partial charge in [-0.3, -0.25) is 0 Å². The predicted molar refractivity (Wildman–Crippen MR) is 69.5 cm³/mol. The van der Waals surface area contributed by atoms with Crippen molar-refractivity contribution in [3.8, 4) is 0 Å². The van der Waals surface area contributed by atoms with E-state index in [2.05, 4.69) is 53.8 Å². The average molecular weight is 364 g/mol. The van der Waals surface area contributed by atoms with Gasteiger partial charge in [-0.15, -0.1) is 0 Å². The number of benzene rings is 1. The molecule has 3 nitrogen and oxygen atoms in total. The molecule has 1 N–H and O–H groups in total. The number of anilines is 1. The molecule has 0 aliphatic carbocycles. The molecule has 2 rings (SSSR count). The lowest BCUT2D eigenvalue weighted by Crippen LogP contribution is -1.96. The molecule has 0 spiro atoms. The number of nitrogens with zero attached hydrogens (tertiary/aromatic N) is 2. The van der Waals surface area contributed by atoms with Gasteiger partial charge in [-0.05, 0) is 56.7 Å². The summed E-state index contributed by atoms with van der Waals surface area (Å²) in [6.07, 6.45) is 0. The third-order valence-electron chi connectivity index (χ3n) is 1.87. The van der Waals surface area contributed by atoms with E-state index in [4.69, 9.17) is 0 Å². The van der Waals surface area contributed by atoms with E-state index in [1.165, 1.54) is 3.57 Å². The van der Waals surface area contributed by atoms with E-state index in [1.54, 1.807) is 0 Å². The fourth-order valence-electron chi connectivity index (χ4n) is 1.26. The van der Waals surface area contributed by atoms with E-state index in [9.17, 15) is 0 Å². The maximum Gasteiger partial charge on any atom is 0.199 e. The molecule has 2 aromatic rings. The molecule has 0 radical (unpaired) electrons. The molecular weight excluding hydrogens is 357 g/mol. The minimum absolute atomic E-state index is 0.608. The van der Waals surface area contributed by atoms with Crippen molar-refractivity contribution in [1.82, 2.24) is 9.97 Å². The first kappa shape index (κ1) is 10.1. The van der Waals surface area contributed by atoms with Crippen LogP contribution in [0.3, 0.4) is 0 Å². The minimum Gasteiger partial charge on any atom is -0.372 e. The zero-order valence-electron chi connectivity index (χ0n) is 7.38. The third kappa shape index (κ3) is 1.83. The molecule has 0 aliphatic heterocycles. The van der Waals surface area contributed by atoms with Gasteiger partial charge in [0, 0.05) is 16.0 Å². The molecule has 14 heavy (non-hydrogen) atoms. The van der Waals surface area contributed by atoms with E-state index < -0.39 is 0 Å². The van der Waals surface area contributed by atoms with E-state index in [-0.39, 0.29) is 0 Å². The number of hydrogen-bond acceptors (Lipinski definition) is 3. The van der Waals surface area contributed by atoms with Gasteiger partial charge in [-0.2, -0.15) is 0 Å². The first-order valence-electron chi connectivity index (χ1n) is 4.01. The van der Waals surface area contributed by atoms with Crippen LogP contribution in [0.2, 0.25) is 0 Å². The zero-order chi connectivity index (χ0) is 10.1. The summed E-state index contributed by atoms with van der Waals surface area (Å²) in [6.45, 7) is 0. The van der Waals surface area contributed by atoms with Crippen LogP contribution in [0.5, 0.6) is 0 Å². The Balaban J connectivity index is 2.81. The Morgan fingerprint density at radius 3 is 2.86 bits per heavy atom. The van der Waals surface area contributed by atoms with Crippen molar-refractivity contribution in [3.05, 3.63) is 26.5 Å². The Morgan fingerprint density at radius 1 is 1.36 bits per heavy atom. The van der Waals surface area contributed by atoms with Crippen LogP contribution in [0, 0.1) is 3.57 Å². The maximum absolute atomic E-state index is 4.31. The Bertz CT molecular complexity index is 481. The first-order valence-corrected chi connectivity index (χ1v) is 5.88. The molecule has 0 saturated heterocycles. The Hall–Kier alpha value is -0.430. The zero-order valence-corrected chi connectivity index (χ0v) is 11.1. The molecule has 1 aromatic carbocycles. The van der Waals surface area contributed by atoms with Gasteiger partial charge in [0.25, 0.3) is 0 Å². The SMILES string of the molecule is CNc1nc(Br)nc2cc(I)ccc12. The lowest BCUT2D eigenvalue weighted by molar-refractivity contribution is 1.15. The molecule has 0 aliphatic rings. The van der Waals surface area contributed by atoms with Crippen LogP contribution in [-0.2, 0) is 0 Å². The van der Waals surface area contributed by atoms with Crippen LogP contribution in [0.4, 0.5) is 5.82 Å². The van der Waals surface area contributed by atoms with Gasteiger partial charge in [0.05, 0.1) is 5.52 Å². The first-order chi connectivity index (χ1) is 6.70. The number of hydrogen-bond donors (Lipinski definition) is 1. The van der Waals surface area contributed by atoms with Gasteiger partial charge in [0.1, 0.15) is 5.82 Å². The molecule has 72 valence electrons. The van der Waals surface area contributed by atoms with Crippen LogP contribution >= 0.6 is 38.5 Å². The lowest BCUT2D eigenvalue weighted by Gasteiger charge is -2.05. The highest BCUT2D eigenvalue weighted by Crippen LogP contribution is 2.23. The summed E-state index contributed by atoms with van der Waals surface area (Å²) in [5.74, 6) is 0.846. The van der Waals surface area contributed by atoms with Gasteiger partial charge in [-0.25, -0.2) is 9.97 Å².